The number of ether oxygens (including phenoxy) is 1. The van der Waals surface area contributed by atoms with E-state index >= 15 is 0 Å². The van der Waals surface area contributed by atoms with Crippen molar-refractivity contribution in [1.82, 2.24) is 29.2 Å². The van der Waals surface area contributed by atoms with Gasteiger partial charge < -0.3 is 15.2 Å². The lowest BCUT2D eigenvalue weighted by molar-refractivity contribution is 0.0195. The minimum atomic E-state index is -0.568. The van der Waals surface area contributed by atoms with Gasteiger partial charge >= 0.3 is 0 Å². The van der Waals surface area contributed by atoms with Gasteiger partial charge in [0.2, 0.25) is 11.8 Å². The topological polar surface area (TPSA) is 102 Å². The number of aliphatic hydroxyl groups is 1. The highest BCUT2D eigenvalue weighted by molar-refractivity contribution is 5.84. The smallest absolute Gasteiger partial charge is 0.244 e. The molecular formula is C20H23N7O2. The molecule has 0 saturated heterocycles. The van der Waals surface area contributed by atoms with E-state index in [0.717, 1.165) is 48.0 Å². The maximum absolute atomic E-state index is 10.2. The van der Waals surface area contributed by atoms with Crippen LogP contribution in [0.4, 0.5) is 5.95 Å². The molecule has 1 fully saturated rings. The standard InChI is InChI=1S/C20H23N7O2/c1-20(28)8-5-14(6-9-20)22-19-23-18(29-2)17-15(7-10-27(17)25-19)13-3-4-16-24-21-12-26(16)11-13/h3-4,7,10-12,14,28H,5-6,8-9H2,1-2H3,(H,22,25). The average Bonchev–Trinajstić information content (AvgIpc) is 3.35. The molecular weight excluding hydrogens is 370 g/mol. The van der Waals surface area contributed by atoms with Crippen LogP contribution < -0.4 is 10.1 Å². The first kappa shape index (κ1) is 17.9. The van der Waals surface area contributed by atoms with Gasteiger partial charge in [0.1, 0.15) is 11.8 Å². The largest absolute Gasteiger partial charge is 0.479 e. The van der Waals surface area contributed by atoms with Crippen LogP contribution >= 0.6 is 0 Å². The predicted molar refractivity (Wildman–Crippen MR) is 108 cm³/mol. The van der Waals surface area contributed by atoms with Crippen LogP contribution in [0.3, 0.4) is 0 Å². The monoisotopic (exact) mass is 393 g/mol. The van der Waals surface area contributed by atoms with Crippen LogP contribution in [0.25, 0.3) is 22.3 Å². The molecule has 0 radical (unpaired) electrons. The average molecular weight is 393 g/mol. The van der Waals surface area contributed by atoms with Gasteiger partial charge in [0.15, 0.2) is 5.65 Å². The number of aromatic nitrogens is 6. The SMILES string of the molecule is COc1nc(NC2CCC(C)(O)CC2)nn2ccc(-c3ccc4nncn4c3)c12. The third kappa shape index (κ3) is 3.27. The predicted octanol–water partition coefficient (Wildman–Crippen LogP) is 2.55. The fourth-order valence-corrected chi connectivity index (χ4v) is 3.98. The summed E-state index contributed by atoms with van der Waals surface area (Å²) in [7, 11) is 1.61. The third-order valence-electron chi connectivity index (χ3n) is 5.67. The van der Waals surface area contributed by atoms with Gasteiger partial charge in [0.25, 0.3) is 0 Å². The molecule has 1 saturated carbocycles. The molecule has 4 aromatic heterocycles. The summed E-state index contributed by atoms with van der Waals surface area (Å²) in [6, 6.07) is 6.16. The fourth-order valence-electron chi connectivity index (χ4n) is 3.98. The lowest BCUT2D eigenvalue weighted by atomic mass is 9.84. The Balaban J connectivity index is 1.49. The Morgan fingerprint density at radius 1 is 1.24 bits per heavy atom. The van der Waals surface area contributed by atoms with Crippen molar-refractivity contribution in [2.45, 2.75) is 44.2 Å². The fraction of sp³-hybridized carbons (Fsp3) is 0.400. The molecule has 0 atom stereocenters. The van der Waals surface area contributed by atoms with Crippen molar-refractivity contribution in [2.75, 3.05) is 12.4 Å². The number of fused-ring (bicyclic) bond motifs is 2. The molecule has 4 aromatic rings. The summed E-state index contributed by atoms with van der Waals surface area (Å²) in [4.78, 5) is 4.60. The molecule has 1 aliphatic carbocycles. The van der Waals surface area contributed by atoms with E-state index in [1.54, 1.807) is 18.0 Å². The van der Waals surface area contributed by atoms with E-state index in [0.29, 0.717) is 11.8 Å². The molecule has 0 aromatic carbocycles. The summed E-state index contributed by atoms with van der Waals surface area (Å²) in [6.45, 7) is 1.90. The van der Waals surface area contributed by atoms with Crippen molar-refractivity contribution in [2.24, 2.45) is 0 Å². The molecule has 0 amide bonds. The number of nitrogens with zero attached hydrogens (tertiary/aromatic N) is 6. The second-order valence-electron chi connectivity index (χ2n) is 7.90. The molecule has 0 bridgehead atoms. The Morgan fingerprint density at radius 3 is 2.86 bits per heavy atom. The van der Waals surface area contributed by atoms with Crippen LogP contribution in [-0.4, -0.2) is 53.1 Å². The van der Waals surface area contributed by atoms with Gasteiger partial charge in [-0.05, 0) is 50.8 Å². The van der Waals surface area contributed by atoms with Crippen molar-refractivity contribution in [3.8, 4) is 17.0 Å². The first-order valence-electron chi connectivity index (χ1n) is 9.74. The van der Waals surface area contributed by atoms with Gasteiger partial charge in [-0.3, -0.25) is 4.40 Å². The van der Waals surface area contributed by atoms with Crippen LogP contribution in [0.2, 0.25) is 0 Å². The van der Waals surface area contributed by atoms with Gasteiger partial charge in [-0.15, -0.1) is 15.3 Å². The molecule has 5 rings (SSSR count). The quantitative estimate of drug-likeness (QED) is 0.549. The van der Waals surface area contributed by atoms with Crippen molar-refractivity contribution in [3.05, 3.63) is 36.9 Å². The summed E-state index contributed by atoms with van der Waals surface area (Å²) in [5, 5.41) is 26.2. The van der Waals surface area contributed by atoms with Crippen LogP contribution in [0, 0.1) is 0 Å². The number of methoxy groups -OCH3 is 1. The van der Waals surface area contributed by atoms with Gasteiger partial charge in [-0.1, -0.05) is 0 Å². The van der Waals surface area contributed by atoms with Gasteiger partial charge in [0, 0.05) is 29.6 Å². The summed E-state index contributed by atoms with van der Waals surface area (Å²) in [5.41, 5.74) is 2.99. The van der Waals surface area contributed by atoms with E-state index in [9.17, 15) is 5.11 Å². The first-order chi connectivity index (χ1) is 14.0. The molecule has 9 nitrogen and oxygen atoms in total. The van der Waals surface area contributed by atoms with Crippen molar-refractivity contribution in [3.63, 3.8) is 0 Å². The molecule has 150 valence electrons. The minimum absolute atomic E-state index is 0.239. The Hall–Kier alpha value is -3.20. The van der Waals surface area contributed by atoms with E-state index in [1.807, 2.05) is 41.9 Å². The zero-order valence-electron chi connectivity index (χ0n) is 16.4. The molecule has 0 unspecified atom stereocenters. The van der Waals surface area contributed by atoms with Gasteiger partial charge in [0.05, 0.1) is 12.7 Å². The first-order valence-corrected chi connectivity index (χ1v) is 9.74. The van der Waals surface area contributed by atoms with Crippen LogP contribution in [0.1, 0.15) is 32.6 Å². The lowest BCUT2D eigenvalue weighted by Gasteiger charge is -2.33. The molecule has 0 spiro atoms. The number of pyridine rings is 1. The lowest BCUT2D eigenvalue weighted by Crippen LogP contribution is -2.36. The maximum Gasteiger partial charge on any atom is 0.244 e. The Morgan fingerprint density at radius 2 is 2.07 bits per heavy atom. The third-order valence-corrected chi connectivity index (χ3v) is 5.67. The Labute approximate surface area is 167 Å². The second-order valence-corrected chi connectivity index (χ2v) is 7.90. The number of anilines is 1. The molecule has 29 heavy (non-hydrogen) atoms. The summed E-state index contributed by atoms with van der Waals surface area (Å²) in [6.07, 6.45) is 8.85. The Bertz CT molecular complexity index is 1170. The van der Waals surface area contributed by atoms with Crippen molar-refractivity contribution in [1.29, 1.82) is 0 Å². The molecule has 1 aliphatic rings. The summed E-state index contributed by atoms with van der Waals surface area (Å²) in [5.74, 6) is 1.03. The highest BCUT2D eigenvalue weighted by Crippen LogP contribution is 2.33. The van der Waals surface area contributed by atoms with Crippen molar-refractivity contribution < 1.29 is 9.84 Å². The van der Waals surface area contributed by atoms with Gasteiger partial charge in [-0.25, -0.2) is 4.52 Å². The normalized spacial score (nSPS) is 22.2. The van der Waals surface area contributed by atoms with E-state index in [-0.39, 0.29) is 6.04 Å². The second kappa shape index (κ2) is 6.70. The highest BCUT2D eigenvalue weighted by atomic mass is 16.5. The molecule has 9 heteroatoms. The van der Waals surface area contributed by atoms with Crippen LogP contribution in [0.5, 0.6) is 5.88 Å². The Kier molecular flexibility index (Phi) is 4.13. The summed E-state index contributed by atoms with van der Waals surface area (Å²) >= 11 is 0. The van der Waals surface area contributed by atoms with E-state index in [1.165, 1.54) is 0 Å². The van der Waals surface area contributed by atoms with Gasteiger partial charge in [-0.2, -0.15) is 4.98 Å². The number of rotatable bonds is 4. The zero-order valence-corrected chi connectivity index (χ0v) is 16.4. The maximum atomic E-state index is 10.2. The summed E-state index contributed by atoms with van der Waals surface area (Å²) < 4.78 is 9.27. The van der Waals surface area contributed by atoms with E-state index in [2.05, 4.69) is 25.6 Å². The van der Waals surface area contributed by atoms with E-state index in [4.69, 9.17) is 4.74 Å². The molecule has 0 aliphatic heterocycles. The van der Waals surface area contributed by atoms with Crippen LogP contribution in [0.15, 0.2) is 36.9 Å². The van der Waals surface area contributed by atoms with E-state index < -0.39 is 5.60 Å². The zero-order chi connectivity index (χ0) is 20.0. The number of nitrogens with one attached hydrogen (secondary N) is 1. The molecule has 2 N–H and O–H groups in total. The highest BCUT2D eigenvalue weighted by Gasteiger charge is 2.29. The van der Waals surface area contributed by atoms with Crippen LogP contribution in [-0.2, 0) is 0 Å². The molecule has 4 heterocycles. The number of hydrogen-bond donors (Lipinski definition) is 2. The minimum Gasteiger partial charge on any atom is -0.479 e. The number of hydrogen-bond acceptors (Lipinski definition) is 7. The van der Waals surface area contributed by atoms with Crippen molar-refractivity contribution >= 4 is 17.1 Å².